The Bertz CT molecular complexity index is 352. The summed E-state index contributed by atoms with van der Waals surface area (Å²) >= 11 is 5.81. The lowest BCUT2D eigenvalue weighted by Crippen LogP contribution is -2.35. The predicted octanol–water partition coefficient (Wildman–Crippen LogP) is 3.07. The molecule has 0 aliphatic heterocycles. The number of halogens is 1. The average molecular weight is 254 g/mol. The van der Waals surface area contributed by atoms with Crippen LogP contribution in [0.4, 0.5) is 0 Å². The Kier molecular flexibility index (Phi) is 4.37. The number of nitrogens with one attached hydrogen (secondary N) is 1. The molecule has 0 bridgehead atoms. The maximum absolute atomic E-state index is 5.81. The molecule has 0 spiro atoms. The van der Waals surface area contributed by atoms with Gasteiger partial charge < -0.3 is 0 Å². The van der Waals surface area contributed by atoms with Crippen LogP contribution in [0.25, 0.3) is 0 Å². The Morgan fingerprint density at radius 1 is 1.47 bits per heavy atom. The molecule has 1 aromatic rings. The maximum atomic E-state index is 5.81. The van der Waals surface area contributed by atoms with Crippen LogP contribution in [-0.2, 0) is 0 Å². The zero-order valence-corrected chi connectivity index (χ0v) is 11.0. The van der Waals surface area contributed by atoms with Crippen LogP contribution in [0.3, 0.4) is 0 Å². The largest absolute Gasteiger partial charge is 0.271 e. The Balaban J connectivity index is 2.12. The Labute approximate surface area is 108 Å². The van der Waals surface area contributed by atoms with Gasteiger partial charge in [-0.3, -0.25) is 11.3 Å². The highest BCUT2D eigenvalue weighted by Gasteiger charge is 2.27. The minimum atomic E-state index is 0.197. The van der Waals surface area contributed by atoms with Crippen LogP contribution in [0.2, 0.25) is 5.15 Å². The minimum absolute atomic E-state index is 0.197. The number of nitrogens with zero attached hydrogens (tertiary/aromatic N) is 1. The normalized spacial score (nSPS) is 26.8. The van der Waals surface area contributed by atoms with E-state index < -0.39 is 0 Å². The summed E-state index contributed by atoms with van der Waals surface area (Å²) in [7, 11) is 0. The molecule has 4 heteroatoms. The molecule has 0 radical (unpaired) electrons. The fraction of sp³-hybridized carbons (Fsp3) is 0.615. The summed E-state index contributed by atoms with van der Waals surface area (Å²) in [5, 5.41) is 0.529. The quantitative estimate of drug-likeness (QED) is 0.495. The molecule has 1 saturated carbocycles. The molecule has 3 nitrogen and oxygen atoms in total. The molecule has 0 saturated heterocycles. The van der Waals surface area contributed by atoms with Crippen LogP contribution >= 0.6 is 11.6 Å². The van der Waals surface area contributed by atoms with E-state index in [-0.39, 0.29) is 6.04 Å². The third-order valence-corrected chi connectivity index (χ3v) is 3.96. The number of hydrogen-bond acceptors (Lipinski definition) is 3. The van der Waals surface area contributed by atoms with E-state index in [1.165, 1.54) is 25.7 Å². The molecule has 1 aromatic heterocycles. The molecular weight excluding hydrogens is 234 g/mol. The molecule has 1 aliphatic rings. The summed E-state index contributed by atoms with van der Waals surface area (Å²) in [6.45, 7) is 2.32. The highest BCUT2D eigenvalue weighted by molar-refractivity contribution is 6.29. The van der Waals surface area contributed by atoms with E-state index in [1.807, 2.05) is 18.3 Å². The molecule has 94 valence electrons. The lowest BCUT2D eigenvalue weighted by Gasteiger charge is -2.33. The summed E-state index contributed by atoms with van der Waals surface area (Å²) in [6, 6.07) is 4.04. The molecule has 1 heterocycles. The summed E-state index contributed by atoms with van der Waals surface area (Å²) < 4.78 is 0. The first-order valence-electron chi connectivity index (χ1n) is 6.28. The Morgan fingerprint density at radius 2 is 2.29 bits per heavy atom. The minimum Gasteiger partial charge on any atom is -0.271 e. The topological polar surface area (TPSA) is 50.9 Å². The molecule has 1 fully saturated rings. The van der Waals surface area contributed by atoms with Crippen LogP contribution in [-0.4, -0.2) is 4.98 Å². The standard InChI is InChI=1S/C13H20ClN3/c1-9-3-2-4-10(7-9)13(17-15)11-5-6-12(14)16-8-11/h5-6,8-10,13,17H,2-4,7,15H2,1H3. The van der Waals surface area contributed by atoms with Gasteiger partial charge in [0.1, 0.15) is 5.15 Å². The summed E-state index contributed by atoms with van der Waals surface area (Å²) in [4.78, 5) is 4.13. The van der Waals surface area contributed by atoms with Gasteiger partial charge in [-0.15, -0.1) is 0 Å². The summed E-state index contributed by atoms with van der Waals surface area (Å²) in [5.41, 5.74) is 4.08. The monoisotopic (exact) mass is 253 g/mol. The second kappa shape index (κ2) is 5.80. The molecular formula is C13H20ClN3. The van der Waals surface area contributed by atoms with E-state index >= 15 is 0 Å². The predicted molar refractivity (Wildman–Crippen MR) is 70.4 cm³/mol. The molecule has 3 N–H and O–H groups in total. The molecule has 17 heavy (non-hydrogen) atoms. The highest BCUT2D eigenvalue weighted by Crippen LogP contribution is 2.36. The summed E-state index contributed by atoms with van der Waals surface area (Å²) in [5.74, 6) is 7.11. The van der Waals surface area contributed by atoms with Gasteiger partial charge >= 0.3 is 0 Å². The molecule has 2 rings (SSSR count). The van der Waals surface area contributed by atoms with Gasteiger partial charge in [-0.2, -0.15) is 0 Å². The van der Waals surface area contributed by atoms with Crippen molar-refractivity contribution >= 4 is 11.6 Å². The van der Waals surface area contributed by atoms with Crippen molar-refractivity contribution in [3.8, 4) is 0 Å². The fourth-order valence-electron chi connectivity index (χ4n) is 2.86. The van der Waals surface area contributed by atoms with Crippen molar-refractivity contribution in [1.82, 2.24) is 10.4 Å². The SMILES string of the molecule is CC1CCCC(C(NN)c2ccc(Cl)nc2)C1. The van der Waals surface area contributed by atoms with Gasteiger partial charge in [0.05, 0.1) is 6.04 Å². The second-order valence-corrected chi connectivity index (χ2v) is 5.48. The van der Waals surface area contributed by atoms with Crippen LogP contribution in [0.15, 0.2) is 18.3 Å². The van der Waals surface area contributed by atoms with Gasteiger partial charge in [0.2, 0.25) is 0 Å². The van der Waals surface area contributed by atoms with Crippen molar-refractivity contribution < 1.29 is 0 Å². The molecule has 0 aromatic carbocycles. The van der Waals surface area contributed by atoms with Crippen molar-refractivity contribution in [2.75, 3.05) is 0 Å². The molecule has 3 unspecified atom stereocenters. The third-order valence-electron chi connectivity index (χ3n) is 3.74. The first-order valence-corrected chi connectivity index (χ1v) is 6.66. The zero-order valence-electron chi connectivity index (χ0n) is 10.2. The van der Waals surface area contributed by atoms with E-state index in [1.54, 1.807) is 0 Å². The number of hydrazine groups is 1. The van der Waals surface area contributed by atoms with Gasteiger partial charge in [-0.25, -0.2) is 4.98 Å². The number of rotatable bonds is 3. The number of hydrogen-bond donors (Lipinski definition) is 2. The highest BCUT2D eigenvalue weighted by atomic mass is 35.5. The van der Waals surface area contributed by atoms with Crippen LogP contribution in [0.1, 0.15) is 44.2 Å². The number of nitrogens with two attached hydrogens (primary N) is 1. The van der Waals surface area contributed by atoms with Gasteiger partial charge in [-0.05, 0) is 36.3 Å². The fourth-order valence-corrected chi connectivity index (χ4v) is 2.97. The first kappa shape index (κ1) is 12.8. The van der Waals surface area contributed by atoms with E-state index in [2.05, 4.69) is 17.3 Å². The molecule has 0 amide bonds. The third kappa shape index (κ3) is 3.18. The maximum Gasteiger partial charge on any atom is 0.129 e. The lowest BCUT2D eigenvalue weighted by molar-refractivity contribution is 0.224. The van der Waals surface area contributed by atoms with Crippen molar-refractivity contribution in [1.29, 1.82) is 0 Å². The lowest BCUT2D eigenvalue weighted by atomic mass is 9.77. The van der Waals surface area contributed by atoms with Crippen LogP contribution < -0.4 is 11.3 Å². The van der Waals surface area contributed by atoms with Gasteiger partial charge in [0, 0.05) is 6.20 Å². The van der Waals surface area contributed by atoms with E-state index in [0.717, 1.165) is 11.5 Å². The van der Waals surface area contributed by atoms with Crippen molar-refractivity contribution in [3.63, 3.8) is 0 Å². The van der Waals surface area contributed by atoms with E-state index in [0.29, 0.717) is 11.1 Å². The number of aromatic nitrogens is 1. The Morgan fingerprint density at radius 3 is 2.88 bits per heavy atom. The molecule has 3 atom stereocenters. The van der Waals surface area contributed by atoms with E-state index in [4.69, 9.17) is 17.4 Å². The zero-order chi connectivity index (χ0) is 12.3. The Hall–Kier alpha value is -0.640. The second-order valence-electron chi connectivity index (χ2n) is 5.09. The summed E-state index contributed by atoms with van der Waals surface area (Å²) in [6.07, 6.45) is 6.93. The van der Waals surface area contributed by atoms with Gasteiger partial charge in [0.25, 0.3) is 0 Å². The van der Waals surface area contributed by atoms with Crippen molar-refractivity contribution in [2.24, 2.45) is 17.7 Å². The number of pyridine rings is 1. The average Bonchev–Trinajstić information content (AvgIpc) is 2.33. The van der Waals surface area contributed by atoms with Crippen molar-refractivity contribution in [3.05, 3.63) is 29.0 Å². The first-order chi connectivity index (χ1) is 8.20. The van der Waals surface area contributed by atoms with Crippen LogP contribution in [0.5, 0.6) is 0 Å². The van der Waals surface area contributed by atoms with E-state index in [9.17, 15) is 0 Å². The molecule has 1 aliphatic carbocycles. The van der Waals surface area contributed by atoms with Gasteiger partial charge in [-0.1, -0.05) is 37.4 Å². The smallest absolute Gasteiger partial charge is 0.129 e. The van der Waals surface area contributed by atoms with Crippen LogP contribution in [0, 0.1) is 11.8 Å². The van der Waals surface area contributed by atoms with Crippen molar-refractivity contribution in [2.45, 2.75) is 38.6 Å². The van der Waals surface area contributed by atoms with Gasteiger partial charge in [0.15, 0.2) is 0 Å².